The maximum atomic E-state index is 12.6. The van der Waals surface area contributed by atoms with Crippen molar-refractivity contribution in [3.05, 3.63) is 35.4 Å². The Balaban J connectivity index is 2.30. The van der Waals surface area contributed by atoms with Gasteiger partial charge in [0.2, 0.25) is 5.91 Å². The number of carbonyl (C=O) groups is 1. The molecule has 0 aromatic heterocycles. The quantitative estimate of drug-likeness (QED) is 0.894. The second-order valence-electron chi connectivity index (χ2n) is 5.83. The topological polar surface area (TPSA) is 32.3 Å². The zero-order chi connectivity index (χ0) is 14.8. The maximum absolute atomic E-state index is 12.6. The molecule has 0 aliphatic carbocycles. The number of carbonyl (C=O) groups excluding carboxylic acids is 1. The molecule has 1 aliphatic heterocycles. The molecule has 1 saturated heterocycles. The van der Waals surface area contributed by atoms with E-state index in [9.17, 15) is 4.79 Å². The largest absolute Gasteiger partial charge is 0.321 e. The molecule has 0 saturated carbocycles. The van der Waals surface area contributed by atoms with E-state index in [0.717, 1.165) is 25.8 Å². The zero-order valence-corrected chi connectivity index (χ0v) is 13.1. The molecule has 0 spiro atoms. The van der Waals surface area contributed by atoms with Crippen molar-refractivity contribution in [1.29, 1.82) is 0 Å². The third-order valence-electron chi connectivity index (χ3n) is 4.38. The second kappa shape index (κ2) is 5.96. The summed E-state index contributed by atoms with van der Waals surface area (Å²) in [4.78, 5) is 14.6. The summed E-state index contributed by atoms with van der Waals surface area (Å²) in [5, 5.41) is 3.53. The highest BCUT2D eigenvalue weighted by Crippen LogP contribution is 2.32. The Labute approximate surface area is 122 Å². The Morgan fingerprint density at radius 3 is 2.35 bits per heavy atom. The fourth-order valence-corrected chi connectivity index (χ4v) is 2.80. The van der Waals surface area contributed by atoms with Crippen LogP contribution in [0.5, 0.6) is 0 Å². The molecule has 1 amide bonds. The van der Waals surface area contributed by atoms with Crippen LogP contribution in [-0.4, -0.2) is 22.9 Å². The molecule has 2 atom stereocenters. The number of benzene rings is 1. The van der Waals surface area contributed by atoms with Gasteiger partial charge in [0.15, 0.2) is 0 Å². The Morgan fingerprint density at radius 2 is 1.85 bits per heavy atom. The summed E-state index contributed by atoms with van der Waals surface area (Å²) in [6, 6.07) is 8.61. The van der Waals surface area contributed by atoms with Crippen LogP contribution in [0.15, 0.2) is 24.3 Å². The standard InChI is InChI=1S/C17H26N2O/c1-5-12-19-15(18-17(4,7-3)16(19)20)14-10-8-13(6-2)9-11-14/h8-11,15,18H,5-7,12H2,1-4H3. The number of hydrogen-bond acceptors (Lipinski definition) is 2. The average Bonchev–Trinajstić information content (AvgIpc) is 2.73. The number of nitrogens with one attached hydrogen (secondary N) is 1. The van der Waals surface area contributed by atoms with Crippen LogP contribution in [0, 0.1) is 0 Å². The molecule has 0 radical (unpaired) electrons. The highest BCUT2D eigenvalue weighted by molar-refractivity contribution is 5.88. The summed E-state index contributed by atoms with van der Waals surface area (Å²) >= 11 is 0. The molecular weight excluding hydrogens is 248 g/mol. The third-order valence-corrected chi connectivity index (χ3v) is 4.38. The van der Waals surface area contributed by atoms with Crippen molar-refractivity contribution in [3.8, 4) is 0 Å². The summed E-state index contributed by atoms with van der Waals surface area (Å²) in [6.07, 6.45) is 2.85. The lowest BCUT2D eigenvalue weighted by Crippen LogP contribution is -2.43. The monoisotopic (exact) mass is 274 g/mol. The lowest BCUT2D eigenvalue weighted by Gasteiger charge is -2.24. The third kappa shape index (κ3) is 2.59. The van der Waals surface area contributed by atoms with Crippen LogP contribution >= 0.6 is 0 Å². The number of aryl methyl sites for hydroxylation is 1. The van der Waals surface area contributed by atoms with Crippen LogP contribution in [0.4, 0.5) is 0 Å². The van der Waals surface area contributed by atoms with E-state index in [1.165, 1.54) is 11.1 Å². The molecule has 2 unspecified atom stereocenters. The van der Waals surface area contributed by atoms with Gasteiger partial charge >= 0.3 is 0 Å². The smallest absolute Gasteiger partial charge is 0.244 e. The molecule has 1 aromatic carbocycles. The summed E-state index contributed by atoms with van der Waals surface area (Å²) in [5.74, 6) is 0.228. The van der Waals surface area contributed by atoms with Gasteiger partial charge in [0.25, 0.3) is 0 Å². The first kappa shape index (κ1) is 15.0. The molecule has 1 aliphatic rings. The summed E-state index contributed by atoms with van der Waals surface area (Å²) in [6.45, 7) is 9.16. The highest BCUT2D eigenvalue weighted by atomic mass is 16.2. The van der Waals surface area contributed by atoms with Gasteiger partial charge in [-0.25, -0.2) is 0 Å². The zero-order valence-electron chi connectivity index (χ0n) is 13.1. The van der Waals surface area contributed by atoms with Gasteiger partial charge in [-0.15, -0.1) is 0 Å². The predicted octanol–water partition coefficient (Wildman–Crippen LogP) is 3.26. The van der Waals surface area contributed by atoms with E-state index in [4.69, 9.17) is 0 Å². The second-order valence-corrected chi connectivity index (χ2v) is 5.83. The van der Waals surface area contributed by atoms with Gasteiger partial charge in [-0.05, 0) is 37.3 Å². The van der Waals surface area contributed by atoms with Crippen LogP contribution in [0.2, 0.25) is 0 Å². The molecule has 1 fully saturated rings. The van der Waals surface area contributed by atoms with E-state index >= 15 is 0 Å². The van der Waals surface area contributed by atoms with E-state index in [1.54, 1.807) is 0 Å². The van der Waals surface area contributed by atoms with E-state index in [-0.39, 0.29) is 12.1 Å². The minimum Gasteiger partial charge on any atom is -0.321 e. The van der Waals surface area contributed by atoms with Crippen molar-refractivity contribution in [2.75, 3.05) is 6.54 Å². The number of amides is 1. The Kier molecular flexibility index (Phi) is 4.48. The molecule has 0 bridgehead atoms. The van der Waals surface area contributed by atoms with E-state index in [0.29, 0.717) is 0 Å². The first-order valence-corrected chi connectivity index (χ1v) is 7.73. The summed E-state index contributed by atoms with van der Waals surface area (Å²) < 4.78 is 0. The van der Waals surface area contributed by atoms with Gasteiger partial charge in [-0.3, -0.25) is 10.1 Å². The van der Waals surface area contributed by atoms with Gasteiger partial charge < -0.3 is 4.90 Å². The van der Waals surface area contributed by atoms with Crippen LogP contribution in [-0.2, 0) is 11.2 Å². The van der Waals surface area contributed by atoms with Crippen molar-refractivity contribution in [1.82, 2.24) is 10.2 Å². The Hall–Kier alpha value is -1.35. The minimum atomic E-state index is -0.427. The van der Waals surface area contributed by atoms with Crippen molar-refractivity contribution in [2.45, 2.75) is 58.7 Å². The van der Waals surface area contributed by atoms with Gasteiger partial charge in [0, 0.05) is 6.54 Å². The summed E-state index contributed by atoms with van der Waals surface area (Å²) in [7, 11) is 0. The van der Waals surface area contributed by atoms with Crippen molar-refractivity contribution >= 4 is 5.91 Å². The number of nitrogens with zero attached hydrogens (tertiary/aromatic N) is 1. The highest BCUT2D eigenvalue weighted by Gasteiger charge is 2.46. The fraction of sp³-hybridized carbons (Fsp3) is 0.588. The van der Waals surface area contributed by atoms with Crippen LogP contribution in [0.3, 0.4) is 0 Å². The van der Waals surface area contributed by atoms with Crippen LogP contribution in [0.1, 0.15) is 57.8 Å². The van der Waals surface area contributed by atoms with Crippen LogP contribution < -0.4 is 5.32 Å². The van der Waals surface area contributed by atoms with Crippen molar-refractivity contribution in [2.24, 2.45) is 0 Å². The normalized spacial score (nSPS) is 26.3. The fourth-order valence-electron chi connectivity index (χ4n) is 2.80. The Morgan fingerprint density at radius 1 is 1.20 bits per heavy atom. The molecule has 1 heterocycles. The molecule has 3 nitrogen and oxygen atoms in total. The molecule has 3 heteroatoms. The maximum Gasteiger partial charge on any atom is 0.244 e. The van der Waals surface area contributed by atoms with Gasteiger partial charge in [-0.1, -0.05) is 45.0 Å². The van der Waals surface area contributed by atoms with Crippen LogP contribution in [0.25, 0.3) is 0 Å². The minimum absolute atomic E-state index is 0.0123. The predicted molar refractivity (Wildman–Crippen MR) is 82.4 cm³/mol. The molecule has 110 valence electrons. The number of hydrogen-bond donors (Lipinski definition) is 1. The van der Waals surface area contributed by atoms with Gasteiger partial charge in [0.05, 0.1) is 5.54 Å². The molecule has 20 heavy (non-hydrogen) atoms. The lowest BCUT2D eigenvalue weighted by molar-refractivity contribution is -0.133. The number of rotatable bonds is 5. The Bertz CT molecular complexity index is 468. The molecule has 2 rings (SSSR count). The lowest BCUT2D eigenvalue weighted by atomic mass is 9.99. The van der Waals surface area contributed by atoms with Crippen molar-refractivity contribution in [3.63, 3.8) is 0 Å². The van der Waals surface area contributed by atoms with Crippen molar-refractivity contribution < 1.29 is 4.79 Å². The molecule has 1 N–H and O–H groups in total. The average molecular weight is 274 g/mol. The first-order chi connectivity index (χ1) is 9.55. The molecule has 1 aromatic rings. The SMILES string of the molecule is CCCN1C(=O)C(C)(CC)NC1c1ccc(CC)cc1. The van der Waals surface area contributed by atoms with Gasteiger partial charge in [0.1, 0.15) is 6.17 Å². The first-order valence-electron chi connectivity index (χ1n) is 7.73. The van der Waals surface area contributed by atoms with E-state index < -0.39 is 5.54 Å². The van der Waals surface area contributed by atoms with E-state index in [2.05, 4.69) is 50.4 Å². The van der Waals surface area contributed by atoms with Gasteiger partial charge in [-0.2, -0.15) is 0 Å². The summed E-state index contributed by atoms with van der Waals surface area (Å²) in [5.41, 5.74) is 2.09. The van der Waals surface area contributed by atoms with E-state index in [1.807, 2.05) is 11.8 Å². The molecular formula is C17H26N2O.